The summed E-state index contributed by atoms with van der Waals surface area (Å²) in [5, 5.41) is 13.1. The molecule has 0 saturated heterocycles. The molecule has 0 unspecified atom stereocenters. The molecule has 0 nitrogen and oxygen atoms in total. The predicted molar refractivity (Wildman–Crippen MR) is 78.4 cm³/mol. The van der Waals surface area contributed by atoms with Gasteiger partial charge in [0.05, 0.1) is 0 Å². The van der Waals surface area contributed by atoms with Gasteiger partial charge in [0.25, 0.3) is 0 Å². The molecule has 0 saturated carbocycles. The summed E-state index contributed by atoms with van der Waals surface area (Å²) in [6, 6.07) is 0. The molecule has 4 heteroatoms. The van der Waals surface area contributed by atoms with Crippen LogP contribution >= 0.6 is 0 Å². The van der Waals surface area contributed by atoms with E-state index in [2.05, 4.69) is 49.7 Å². The Labute approximate surface area is 140 Å². The van der Waals surface area contributed by atoms with Gasteiger partial charge in [0.1, 0.15) is 0 Å². The molecule has 0 rings (SSSR count). The van der Waals surface area contributed by atoms with E-state index in [-0.39, 0.29) is 44.8 Å². The van der Waals surface area contributed by atoms with Crippen LogP contribution in [0, 0.1) is 11.4 Å². The van der Waals surface area contributed by atoms with Crippen LogP contribution in [0.1, 0.15) is 27.7 Å². The molecule has 0 aromatic heterocycles. The molecule has 0 aliphatic heterocycles. The molecule has 0 atom stereocenters. The molecule has 0 spiro atoms. The molecular weight excluding hydrogens is 510 g/mol. The minimum Gasteiger partial charge on any atom is 1.00 e. The summed E-state index contributed by atoms with van der Waals surface area (Å²) in [5.41, 5.74) is 8.14. The van der Waals surface area contributed by atoms with E-state index in [0.717, 1.165) is 0 Å². The van der Waals surface area contributed by atoms with Gasteiger partial charge in [0, 0.05) is 0 Å². The Morgan fingerprint density at radius 1 is 0.688 bits per heavy atom. The number of hydrogen-bond donors (Lipinski definition) is 0. The zero-order chi connectivity index (χ0) is 11.8. The van der Waals surface area contributed by atoms with Crippen molar-refractivity contribution < 1.29 is 44.8 Å². The largest absolute Gasteiger partial charge is 1.00 e. The maximum absolute atomic E-state index is 4.07. The second-order valence-corrected chi connectivity index (χ2v) is 20.5. The normalized spacial score (nSPS) is 10.4. The molecule has 0 heterocycles. The van der Waals surface area contributed by atoms with Gasteiger partial charge in [-0.1, -0.05) is 0 Å². The predicted octanol–water partition coefficient (Wildman–Crippen LogP) is 3.72. The van der Waals surface area contributed by atoms with Crippen LogP contribution in [0.2, 0.25) is 20.8 Å². The number of hydrogen-bond acceptors (Lipinski definition) is 0. The van der Waals surface area contributed by atoms with Crippen LogP contribution in [0.4, 0.5) is 0 Å². The van der Waals surface area contributed by atoms with Crippen molar-refractivity contribution in [2.45, 2.75) is 48.5 Å². The van der Waals surface area contributed by atoms with Crippen LogP contribution in [0.25, 0.3) is 0 Å². The zero-order valence-corrected chi connectivity index (χ0v) is 17.9. The molecule has 0 aromatic rings. The second-order valence-electron chi connectivity index (χ2n) is 3.95. The van der Waals surface area contributed by atoms with Crippen molar-refractivity contribution in [3.05, 3.63) is 11.4 Å². The van der Waals surface area contributed by atoms with Gasteiger partial charge in [0.2, 0.25) is 0 Å². The van der Waals surface area contributed by atoms with E-state index in [0.29, 0.717) is 0 Å². The Kier molecular flexibility index (Phi) is 23.1. The van der Waals surface area contributed by atoms with Gasteiger partial charge in [-0.15, -0.1) is 0 Å². The van der Waals surface area contributed by atoms with Gasteiger partial charge in [-0.3, -0.25) is 0 Å². The third-order valence-electron chi connectivity index (χ3n) is 2.68. The molecule has 0 fully saturated rings. The smallest absolute Gasteiger partial charge is 1.00 e. The van der Waals surface area contributed by atoms with Crippen LogP contribution in [-0.4, -0.2) is 36.8 Å². The first-order valence-corrected chi connectivity index (χ1v) is 16.0. The van der Waals surface area contributed by atoms with Crippen LogP contribution in [0.15, 0.2) is 0 Å². The minimum absolute atomic E-state index is 0. The maximum Gasteiger partial charge on any atom is 1.00 e. The van der Waals surface area contributed by atoms with Crippen molar-refractivity contribution in [1.82, 2.24) is 0 Å². The van der Waals surface area contributed by atoms with Crippen molar-refractivity contribution in [3.8, 4) is 0 Å². The molecule has 0 amide bonds. The first kappa shape index (κ1) is 26.8. The summed E-state index contributed by atoms with van der Waals surface area (Å²) in [7, 11) is 0. The standard InChI is InChI=1S/2C6H14As.2Ag/c2*1-5-7(3,4)6-2;;/h2*3-6H2,1-2H3;;/q2*-1;2*+1. The van der Waals surface area contributed by atoms with Crippen LogP contribution in [0.5, 0.6) is 0 Å². The summed E-state index contributed by atoms with van der Waals surface area (Å²) in [4.78, 5) is 0. The van der Waals surface area contributed by atoms with Gasteiger partial charge in [-0.05, 0) is 0 Å². The number of rotatable bonds is 4. The molecule has 0 aliphatic carbocycles. The first-order chi connectivity index (χ1) is 6.24. The van der Waals surface area contributed by atoms with E-state index < -0.39 is 26.2 Å². The molecule has 0 N–H and O–H groups in total. The average Bonchev–Trinajstić information content (AvgIpc) is 2.19. The Morgan fingerprint density at radius 3 is 0.812 bits per heavy atom. The minimum atomic E-state index is -1.44. The third-order valence-corrected chi connectivity index (χ3v) is 13.9. The van der Waals surface area contributed by atoms with Crippen molar-refractivity contribution in [3.63, 3.8) is 0 Å². The molecule has 0 bridgehead atoms. The summed E-state index contributed by atoms with van der Waals surface area (Å²) >= 11 is -2.89. The summed E-state index contributed by atoms with van der Waals surface area (Å²) in [6.45, 7) is 8.76. The Bertz CT molecular complexity index is 185. The Morgan fingerprint density at radius 2 is 0.812 bits per heavy atom. The first-order valence-electron chi connectivity index (χ1n) is 5.36. The fourth-order valence-electron chi connectivity index (χ4n) is 0.447. The van der Waals surface area contributed by atoms with Gasteiger partial charge in [-0.25, -0.2) is 0 Å². The molecule has 0 radical (unpaired) electrons. The topological polar surface area (TPSA) is 0 Å². The van der Waals surface area contributed by atoms with Crippen LogP contribution in [0.3, 0.4) is 0 Å². The molecule has 0 aliphatic rings. The van der Waals surface area contributed by atoms with Gasteiger partial charge in [0.15, 0.2) is 0 Å². The quantitative estimate of drug-likeness (QED) is 0.379. The van der Waals surface area contributed by atoms with Crippen molar-refractivity contribution in [2.75, 3.05) is 0 Å². The van der Waals surface area contributed by atoms with E-state index >= 15 is 0 Å². The van der Waals surface area contributed by atoms with Gasteiger partial charge in [-0.2, -0.15) is 0 Å². The van der Waals surface area contributed by atoms with Gasteiger partial charge < -0.3 is 0 Å². The van der Waals surface area contributed by atoms with Crippen LogP contribution < -0.4 is 0 Å². The monoisotopic (exact) mass is 536 g/mol. The van der Waals surface area contributed by atoms with E-state index in [9.17, 15) is 0 Å². The van der Waals surface area contributed by atoms with E-state index in [1.54, 1.807) is 0 Å². The summed E-state index contributed by atoms with van der Waals surface area (Å²) in [6.07, 6.45) is 0. The second kappa shape index (κ2) is 13.8. The fourth-order valence-corrected chi connectivity index (χ4v) is 2.32. The Hall–Kier alpha value is 2.34. The van der Waals surface area contributed by atoms with E-state index in [4.69, 9.17) is 0 Å². The van der Waals surface area contributed by atoms with Crippen molar-refractivity contribution >= 4 is 36.8 Å². The zero-order valence-electron chi connectivity index (χ0n) is 11.2. The SMILES string of the molecule is C=[As]([CH2-])(CC)CC.C=[As]([CH2-])(CC)CC.[Ag+].[Ag+]. The summed E-state index contributed by atoms with van der Waals surface area (Å²) < 4.78 is 0. The maximum atomic E-state index is 4.07. The van der Waals surface area contributed by atoms with E-state index in [1.807, 2.05) is 0 Å². The fraction of sp³-hybridized carbons (Fsp3) is 0.667. The van der Waals surface area contributed by atoms with Gasteiger partial charge >= 0.3 is 142 Å². The Balaban J connectivity index is -0.0000000800. The molecule has 108 valence electrons. The van der Waals surface area contributed by atoms with Crippen LogP contribution in [-0.2, 0) is 44.8 Å². The third kappa shape index (κ3) is 18.7. The van der Waals surface area contributed by atoms with Crippen molar-refractivity contribution in [1.29, 1.82) is 0 Å². The van der Waals surface area contributed by atoms with E-state index in [1.165, 1.54) is 20.8 Å². The molecular formula is C12H28Ag2As2. The molecule has 0 aromatic carbocycles. The average molecular weight is 538 g/mol. The van der Waals surface area contributed by atoms with Crippen molar-refractivity contribution in [2.24, 2.45) is 0 Å². The summed E-state index contributed by atoms with van der Waals surface area (Å²) in [5.74, 6) is 0. The molecule has 16 heavy (non-hydrogen) atoms.